The van der Waals surface area contributed by atoms with Gasteiger partial charge in [0.15, 0.2) is 0 Å². The number of carbonyl (C=O) groups excluding carboxylic acids is 1. The number of nitro benzene ring substituents is 2. The summed E-state index contributed by atoms with van der Waals surface area (Å²) in [5.74, 6) is -0.822. The van der Waals surface area contributed by atoms with Crippen LogP contribution >= 0.6 is 11.6 Å². The van der Waals surface area contributed by atoms with Crippen molar-refractivity contribution in [2.75, 3.05) is 0 Å². The maximum Gasteiger partial charge on any atom is 0.340 e. The molecule has 0 aliphatic heterocycles. The number of benzene rings is 2. The normalized spacial score (nSPS) is 10.1. The van der Waals surface area contributed by atoms with Gasteiger partial charge in [-0.05, 0) is 23.8 Å². The molecule has 0 aliphatic rings. The summed E-state index contributed by atoms with van der Waals surface area (Å²) in [7, 11) is 0. The van der Waals surface area contributed by atoms with E-state index in [1.807, 2.05) is 0 Å². The lowest BCUT2D eigenvalue weighted by Crippen LogP contribution is -2.06. The van der Waals surface area contributed by atoms with Gasteiger partial charge in [0.1, 0.15) is 6.61 Å². The molecule has 0 heterocycles. The predicted molar refractivity (Wildman–Crippen MR) is 80.3 cm³/mol. The van der Waals surface area contributed by atoms with Crippen LogP contribution in [0.3, 0.4) is 0 Å². The van der Waals surface area contributed by atoms with E-state index in [0.29, 0.717) is 5.56 Å². The first-order valence-corrected chi connectivity index (χ1v) is 6.60. The molecule has 23 heavy (non-hydrogen) atoms. The maximum absolute atomic E-state index is 12.0. The molecule has 0 saturated carbocycles. The molecule has 8 nitrogen and oxygen atoms in total. The molecular formula is C14H9ClN2O6. The Morgan fingerprint density at radius 2 is 1.57 bits per heavy atom. The zero-order chi connectivity index (χ0) is 17.0. The van der Waals surface area contributed by atoms with Gasteiger partial charge in [-0.15, -0.1) is 0 Å². The van der Waals surface area contributed by atoms with Gasteiger partial charge in [0.05, 0.1) is 20.4 Å². The average Bonchev–Trinajstić information content (AvgIpc) is 2.53. The highest BCUT2D eigenvalue weighted by Crippen LogP contribution is 2.23. The number of non-ortho nitro benzene ring substituents is 2. The van der Waals surface area contributed by atoms with Crippen LogP contribution in [0.2, 0.25) is 5.02 Å². The second-order valence-electron chi connectivity index (χ2n) is 4.42. The molecular weight excluding hydrogens is 328 g/mol. The molecule has 2 aromatic carbocycles. The number of hydrogen-bond acceptors (Lipinski definition) is 6. The fourth-order valence-corrected chi connectivity index (χ4v) is 1.92. The van der Waals surface area contributed by atoms with Crippen LogP contribution in [0.5, 0.6) is 0 Å². The molecule has 0 atom stereocenters. The minimum absolute atomic E-state index is 0.0318. The van der Waals surface area contributed by atoms with E-state index in [0.717, 1.165) is 6.07 Å². The standard InChI is InChI=1S/C14H9ClN2O6/c15-13-6-5-11(17(21)22)7-12(13)14(18)23-8-9-1-3-10(4-2-9)16(19)20/h1-7H,8H2. The Kier molecular flexibility index (Phi) is 4.87. The van der Waals surface area contributed by atoms with Gasteiger partial charge in [-0.25, -0.2) is 4.79 Å². The van der Waals surface area contributed by atoms with Crippen LogP contribution in [-0.4, -0.2) is 15.8 Å². The van der Waals surface area contributed by atoms with Gasteiger partial charge in [0.25, 0.3) is 11.4 Å². The fraction of sp³-hybridized carbons (Fsp3) is 0.0714. The molecule has 0 spiro atoms. The third kappa shape index (κ3) is 4.01. The van der Waals surface area contributed by atoms with Gasteiger partial charge in [-0.2, -0.15) is 0 Å². The van der Waals surface area contributed by atoms with Gasteiger partial charge in [-0.1, -0.05) is 11.6 Å². The van der Waals surface area contributed by atoms with Crippen LogP contribution in [0.4, 0.5) is 11.4 Å². The Bertz CT molecular complexity index is 775. The number of ether oxygens (including phenoxy) is 1. The highest BCUT2D eigenvalue weighted by Gasteiger charge is 2.17. The zero-order valence-electron chi connectivity index (χ0n) is 11.5. The van der Waals surface area contributed by atoms with Crippen LogP contribution in [-0.2, 0) is 11.3 Å². The number of rotatable bonds is 5. The Hall–Kier alpha value is -3.00. The maximum atomic E-state index is 12.0. The van der Waals surface area contributed by atoms with Crippen molar-refractivity contribution in [1.82, 2.24) is 0 Å². The molecule has 0 aromatic heterocycles. The number of halogens is 1. The van der Waals surface area contributed by atoms with Crippen molar-refractivity contribution in [2.45, 2.75) is 6.61 Å². The number of hydrogen-bond donors (Lipinski definition) is 0. The molecule has 2 aromatic rings. The number of nitro groups is 2. The first kappa shape index (κ1) is 16.4. The first-order valence-electron chi connectivity index (χ1n) is 6.23. The molecule has 118 valence electrons. The predicted octanol–water partition coefficient (Wildman–Crippen LogP) is 3.51. The first-order chi connectivity index (χ1) is 10.9. The van der Waals surface area contributed by atoms with Crippen molar-refractivity contribution in [1.29, 1.82) is 0 Å². The molecule has 0 radical (unpaired) electrons. The van der Waals surface area contributed by atoms with E-state index in [4.69, 9.17) is 16.3 Å². The summed E-state index contributed by atoms with van der Waals surface area (Å²) in [5, 5.41) is 21.3. The average molecular weight is 337 g/mol. The van der Waals surface area contributed by atoms with Crippen LogP contribution in [0.25, 0.3) is 0 Å². The molecule has 0 bridgehead atoms. The van der Waals surface area contributed by atoms with Crippen LogP contribution in [0.1, 0.15) is 15.9 Å². The Labute approximate surface area is 134 Å². The lowest BCUT2D eigenvalue weighted by molar-refractivity contribution is -0.385. The lowest BCUT2D eigenvalue weighted by Gasteiger charge is -2.06. The summed E-state index contributed by atoms with van der Waals surface area (Å²) in [6, 6.07) is 8.89. The van der Waals surface area contributed by atoms with Crippen molar-refractivity contribution in [2.24, 2.45) is 0 Å². The summed E-state index contributed by atoms with van der Waals surface area (Å²) in [4.78, 5) is 32.0. The van der Waals surface area contributed by atoms with E-state index < -0.39 is 15.8 Å². The fourth-order valence-electron chi connectivity index (χ4n) is 1.72. The van der Waals surface area contributed by atoms with E-state index in [9.17, 15) is 25.0 Å². The van der Waals surface area contributed by atoms with Gasteiger partial charge < -0.3 is 4.74 Å². The van der Waals surface area contributed by atoms with Crippen molar-refractivity contribution in [3.05, 3.63) is 78.8 Å². The minimum atomic E-state index is -0.822. The minimum Gasteiger partial charge on any atom is -0.457 e. The van der Waals surface area contributed by atoms with Crippen molar-refractivity contribution in [3.63, 3.8) is 0 Å². The van der Waals surface area contributed by atoms with Gasteiger partial charge in [0.2, 0.25) is 0 Å². The SMILES string of the molecule is O=C(OCc1ccc([N+](=O)[O-])cc1)c1cc([N+](=O)[O-])ccc1Cl. The van der Waals surface area contributed by atoms with E-state index >= 15 is 0 Å². The summed E-state index contributed by atoms with van der Waals surface area (Å²) < 4.78 is 5.01. The molecule has 0 unspecified atom stereocenters. The van der Waals surface area contributed by atoms with E-state index in [1.165, 1.54) is 36.4 Å². The summed E-state index contributed by atoms with van der Waals surface area (Å²) in [6.45, 7) is -0.143. The molecule has 0 amide bonds. The topological polar surface area (TPSA) is 113 Å². The molecule has 0 fully saturated rings. The third-order valence-corrected chi connectivity index (χ3v) is 3.23. The van der Waals surface area contributed by atoms with E-state index in [-0.39, 0.29) is 28.6 Å². The number of esters is 1. The monoisotopic (exact) mass is 336 g/mol. The third-order valence-electron chi connectivity index (χ3n) is 2.90. The molecule has 0 N–H and O–H groups in total. The van der Waals surface area contributed by atoms with E-state index in [1.54, 1.807) is 0 Å². The smallest absolute Gasteiger partial charge is 0.340 e. The highest BCUT2D eigenvalue weighted by molar-refractivity contribution is 6.33. The summed E-state index contributed by atoms with van der Waals surface area (Å²) >= 11 is 5.83. The van der Waals surface area contributed by atoms with E-state index in [2.05, 4.69) is 0 Å². The van der Waals surface area contributed by atoms with Gasteiger partial charge in [0, 0.05) is 24.3 Å². The summed E-state index contributed by atoms with van der Waals surface area (Å²) in [6.07, 6.45) is 0. The van der Waals surface area contributed by atoms with Crippen LogP contribution < -0.4 is 0 Å². The molecule has 2 rings (SSSR count). The molecule has 9 heteroatoms. The molecule has 0 aliphatic carbocycles. The summed E-state index contributed by atoms with van der Waals surface area (Å²) in [5.41, 5.74) is 0.0479. The van der Waals surface area contributed by atoms with Crippen LogP contribution in [0, 0.1) is 20.2 Å². The van der Waals surface area contributed by atoms with Gasteiger partial charge >= 0.3 is 5.97 Å². The zero-order valence-corrected chi connectivity index (χ0v) is 12.2. The Morgan fingerprint density at radius 1 is 1.00 bits per heavy atom. The number of carbonyl (C=O) groups is 1. The lowest BCUT2D eigenvalue weighted by atomic mass is 10.2. The van der Waals surface area contributed by atoms with Crippen molar-refractivity contribution < 1.29 is 19.4 Å². The Balaban J connectivity index is 2.09. The number of nitrogens with zero attached hydrogens (tertiary/aromatic N) is 2. The highest BCUT2D eigenvalue weighted by atomic mass is 35.5. The second kappa shape index (κ2) is 6.84. The quantitative estimate of drug-likeness (QED) is 0.469. The van der Waals surface area contributed by atoms with Crippen molar-refractivity contribution >= 4 is 28.9 Å². The largest absolute Gasteiger partial charge is 0.457 e. The van der Waals surface area contributed by atoms with Crippen molar-refractivity contribution in [3.8, 4) is 0 Å². The van der Waals surface area contributed by atoms with Crippen LogP contribution in [0.15, 0.2) is 42.5 Å². The Morgan fingerprint density at radius 3 is 2.13 bits per heavy atom. The second-order valence-corrected chi connectivity index (χ2v) is 4.83. The molecule has 0 saturated heterocycles. The van der Waals surface area contributed by atoms with Gasteiger partial charge in [-0.3, -0.25) is 20.2 Å².